The normalized spacial score (nSPS) is 17.1. The molecular formula is C19H23N7O3. The van der Waals surface area contributed by atoms with Crippen LogP contribution in [0.4, 0.5) is 0 Å². The Morgan fingerprint density at radius 2 is 1.69 bits per heavy atom. The van der Waals surface area contributed by atoms with Gasteiger partial charge >= 0.3 is 0 Å². The number of rotatable bonds is 5. The molecule has 0 saturated carbocycles. The van der Waals surface area contributed by atoms with Gasteiger partial charge in [-0.05, 0) is 34.5 Å². The first-order valence-electron chi connectivity index (χ1n) is 9.75. The first kappa shape index (κ1) is 19.0. The fraction of sp³-hybridized carbons (Fsp3) is 0.474. The van der Waals surface area contributed by atoms with Gasteiger partial charge in [-0.25, -0.2) is 4.68 Å². The maximum atomic E-state index is 12.8. The first-order chi connectivity index (χ1) is 14.1. The molecule has 4 rings (SSSR count). The van der Waals surface area contributed by atoms with Crippen molar-refractivity contribution in [3.05, 3.63) is 41.7 Å². The van der Waals surface area contributed by atoms with E-state index < -0.39 is 0 Å². The maximum absolute atomic E-state index is 12.8. The number of likely N-dealkylation sites (tertiary alicyclic amines) is 1. The highest BCUT2D eigenvalue weighted by molar-refractivity contribution is 5.94. The zero-order chi connectivity index (χ0) is 20.2. The third-order valence-corrected chi connectivity index (χ3v) is 5.35. The summed E-state index contributed by atoms with van der Waals surface area (Å²) in [6.45, 7) is 3.45. The number of benzene rings is 1. The third-order valence-electron chi connectivity index (χ3n) is 5.35. The van der Waals surface area contributed by atoms with E-state index >= 15 is 0 Å². The van der Waals surface area contributed by atoms with Crippen molar-refractivity contribution in [1.82, 2.24) is 34.9 Å². The topological polar surface area (TPSA) is 105 Å². The second kappa shape index (κ2) is 8.38. The maximum Gasteiger partial charge on any atom is 0.253 e. The lowest BCUT2D eigenvalue weighted by molar-refractivity contribution is -0.133. The summed E-state index contributed by atoms with van der Waals surface area (Å²) in [5, 5.41) is 10.7. The minimum Gasteiger partial charge on any atom is -0.338 e. The third kappa shape index (κ3) is 4.41. The Morgan fingerprint density at radius 3 is 2.31 bits per heavy atom. The molecule has 29 heavy (non-hydrogen) atoms. The van der Waals surface area contributed by atoms with Crippen LogP contribution in [0, 0.1) is 0 Å². The van der Waals surface area contributed by atoms with Crippen LogP contribution in [0.1, 0.15) is 28.8 Å². The summed E-state index contributed by atoms with van der Waals surface area (Å²) in [4.78, 5) is 42.1. The van der Waals surface area contributed by atoms with Crippen molar-refractivity contribution >= 4 is 17.7 Å². The van der Waals surface area contributed by atoms with E-state index in [9.17, 15) is 14.4 Å². The molecule has 3 amide bonds. The molecule has 0 unspecified atom stereocenters. The van der Waals surface area contributed by atoms with Gasteiger partial charge in [-0.15, -0.1) is 5.10 Å². The van der Waals surface area contributed by atoms with Crippen molar-refractivity contribution in [2.24, 2.45) is 0 Å². The molecule has 2 fully saturated rings. The Labute approximate surface area is 168 Å². The Morgan fingerprint density at radius 1 is 0.966 bits per heavy atom. The molecule has 0 N–H and O–H groups in total. The van der Waals surface area contributed by atoms with E-state index in [1.807, 2.05) is 29.2 Å². The molecule has 1 aromatic heterocycles. The average Bonchev–Trinajstić information content (AvgIpc) is 3.40. The number of piperazine rings is 1. The van der Waals surface area contributed by atoms with Gasteiger partial charge < -0.3 is 14.7 Å². The van der Waals surface area contributed by atoms with Crippen LogP contribution in [0.2, 0.25) is 0 Å². The van der Waals surface area contributed by atoms with E-state index in [2.05, 4.69) is 15.5 Å². The second-order valence-electron chi connectivity index (χ2n) is 7.30. The van der Waals surface area contributed by atoms with Crippen LogP contribution in [-0.4, -0.2) is 85.4 Å². The monoisotopic (exact) mass is 397 g/mol. The summed E-state index contributed by atoms with van der Waals surface area (Å²) in [5.74, 6) is 0.0873. The SMILES string of the molecule is O=C(Cn1cnnn1)N1CCN(C(=O)c2ccc(CN3CCCC3=O)cc2)CC1. The molecule has 2 aromatic rings. The van der Waals surface area contributed by atoms with E-state index in [1.54, 1.807) is 9.80 Å². The van der Waals surface area contributed by atoms with Gasteiger partial charge in [-0.2, -0.15) is 0 Å². The fourth-order valence-corrected chi connectivity index (χ4v) is 3.68. The molecule has 10 nitrogen and oxygen atoms in total. The number of hydrogen-bond donors (Lipinski definition) is 0. The van der Waals surface area contributed by atoms with Crippen LogP contribution < -0.4 is 0 Å². The van der Waals surface area contributed by atoms with Crippen LogP contribution in [0.15, 0.2) is 30.6 Å². The predicted octanol–water partition coefficient (Wildman–Crippen LogP) is -0.220. The van der Waals surface area contributed by atoms with Crippen LogP contribution in [0.25, 0.3) is 0 Å². The smallest absolute Gasteiger partial charge is 0.253 e. The summed E-state index contributed by atoms with van der Waals surface area (Å²) < 4.78 is 1.39. The molecule has 0 atom stereocenters. The summed E-state index contributed by atoms with van der Waals surface area (Å²) in [6.07, 6.45) is 2.95. The van der Waals surface area contributed by atoms with Gasteiger partial charge in [0.2, 0.25) is 11.8 Å². The number of aromatic nitrogens is 4. The lowest BCUT2D eigenvalue weighted by Gasteiger charge is -2.34. The van der Waals surface area contributed by atoms with Gasteiger partial charge in [0.05, 0.1) is 0 Å². The number of carbonyl (C=O) groups excluding carboxylic acids is 3. The van der Waals surface area contributed by atoms with Crippen LogP contribution in [-0.2, 0) is 22.7 Å². The van der Waals surface area contributed by atoms with E-state index in [0.717, 1.165) is 18.5 Å². The summed E-state index contributed by atoms with van der Waals surface area (Å²) in [7, 11) is 0. The molecule has 1 aromatic carbocycles. The molecular weight excluding hydrogens is 374 g/mol. The summed E-state index contributed by atoms with van der Waals surface area (Å²) in [5.41, 5.74) is 1.64. The first-order valence-corrected chi connectivity index (χ1v) is 9.75. The average molecular weight is 397 g/mol. The summed E-state index contributed by atoms with van der Waals surface area (Å²) >= 11 is 0. The highest BCUT2D eigenvalue weighted by Gasteiger charge is 2.25. The zero-order valence-corrected chi connectivity index (χ0v) is 16.1. The lowest BCUT2D eigenvalue weighted by atomic mass is 10.1. The van der Waals surface area contributed by atoms with Gasteiger partial charge in [0.1, 0.15) is 12.9 Å². The highest BCUT2D eigenvalue weighted by atomic mass is 16.2. The Bertz CT molecular complexity index is 874. The van der Waals surface area contributed by atoms with Crippen molar-refractivity contribution in [2.75, 3.05) is 32.7 Å². The number of amides is 3. The van der Waals surface area contributed by atoms with Crippen molar-refractivity contribution in [3.8, 4) is 0 Å². The number of tetrazole rings is 1. The molecule has 0 bridgehead atoms. The number of carbonyl (C=O) groups is 3. The molecule has 10 heteroatoms. The molecule has 152 valence electrons. The van der Waals surface area contributed by atoms with E-state index in [4.69, 9.17) is 0 Å². The van der Waals surface area contributed by atoms with Gasteiger partial charge in [0, 0.05) is 51.3 Å². The molecule has 2 aliphatic heterocycles. The predicted molar refractivity (Wildman–Crippen MR) is 101 cm³/mol. The number of nitrogens with zero attached hydrogens (tertiary/aromatic N) is 7. The van der Waals surface area contributed by atoms with Crippen molar-refractivity contribution in [2.45, 2.75) is 25.9 Å². The lowest BCUT2D eigenvalue weighted by Crippen LogP contribution is -2.51. The minimum atomic E-state index is -0.0646. The molecule has 3 heterocycles. The Kier molecular flexibility index (Phi) is 5.50. The zero-order valence-electron chi connectivity index (χ0n) is 16.1. The summed E-state index contributed by atoms with van der Waals surface area (Å²) in [6, 6.07) is 7.44. The van der Waals surface area contributed by atoms with Crippen LogP contribution in [0.3, 0.4) is 0 Å². The van der Waals surface area contributed by atoms with E-state index in [-0.39, 0.29) is 24.3 Å². The minimum absolute atomic E-state index is 0.0404. The molecule has 0 aliphatic carbocycles. The van der Waals surface area contributed by atoms with Gasteiger partial charge in [0.15, 0.2) is 0 Å². The fourth-order valence-electron chi connectivity index (χ4n) is 3.68. The van der Waals surface area contributed by atoms with Crippen LogP contribution >= 0.6 is 0 Å². The molecule has 2 aliphatic rings. The molecule has 0 radical (unpaired) electrons. The quantitative estimate of drug-likeness (QED) is 0.691. The number of hydrogen-bond acceptors (Lipinski definition) is 6. The highest BCUT2D eigenvalue weighted by Crippen LogP contribution is 2.16. The second-order valence-corrected chi connectivity index (χ2v) is 7.30. The van der Waals surface area contributed by atoms with Gasteiger partial charge in [0.25, 0.3) is 5.91 Å². The standard InChI is InChI=1S/C19H23N7O3/c27-17-2-1-7-25(17)12-15-3-5-16(6-4-15)19(29)24-10-8-23(9-11-24)18(28)13-26-14-20-21-22-26/h3-6,14H,1-2,7-13H2. The van der Waals surface area contributed by atoms with E-state index in [1.165, 1.54) is 11.0 Å². The Hall–Kier alpha value is -3.30. The van der Waals surface area contributed by atoms with Crippen molar-refractivity contribution in [3.63, 3.8) is 0 Å². The van der Waals surface area contributed by atoms with Crippen LogP contribution in [0.5, 0.6) is 0 Å². The van der Waals surface area contributed by atoms with E-state index in [0.29, 0.717) is 44.7 Å². The van der Waals surface area contributed by atoms with Crippen molar-refractivity contribution < 1.29 is 14.4 Å². The molecule has 0 spiro atoms. The van der Waals surface area contributed by atoms with Gasteiger partial charge in [-0.3, -0.25) is 14.4 Å². The largest absolute Gasteiger partial charge is 0.338 e. The Balaban J connectivity index is 1.29. The van der Waals surface area contributed by atoms with Gasteiger partial charge in [-0.1, -0.05) is 12.1 Å². The van der Waals surface area contributed by atoms with Crippen molar-refractivity contribution in [1.29, 1.82) is 0 Å². The molecule has 2 saturated heterocycles.